The number of sulfonamides is 1. The first kappa shape index (κ1) is 17.7. The first-order chi connectivity index (χ1) is 11.4. The molecule has 0 bridgehead atoms. The summed E-state index contributed by atoms with van der Waals surface area (Å²) in [5.74, 6) is 1.16. The zero-order chi connectivity index (χ0) is 17.2. The predicted molar refractivity (Wildman–Crippen MR) is 92.5 cm³/mol. The average molecular weight is 354 g/mol. The van der Waals surface area contributed by atoms with Crippen LogP contribution in [-0.2, 0) is 21.3 Å². The van der Waals surface area contributed by atoms with Crippen LogP contribution in [-0.4, -0.2) is 58.5 Å². The summed E-state index contributed by atoms with van der Waals surface area (Å²) in [5, 5.41) is 0. The highest BCUT2D eigenvalue weighted by molar-refractivity contribution is 7.88. The van der Waals surface area contributed by atoms with Crippen LogP contribution in [0.5, 0.6) is 5.75 Å². The highest BCUT2D eigenvalue weighted by atomic mass is 32.2. The van der Waals surface area contributed by atoms with Crippen molar-refractivity contribution in [2.75, 3.05) is 39.6 Å². The van der Waals surface area contributed by atoms with Crippen molar-refractivity contribution in [3.05, 3.63) is 29.8 Å². The zero-order valence-electron chi connectivity index (χ0n) is 14.3. The molecule has 0 unspecified atom stereocenters. The number of hydrogen-bond donors (Lipinski definition) is 1. The molecule has 134 valence electrons. The minimum atomic E-state index is -3.11. The Morgan fingerprint density at radius 1 is 1.33 bits per heavy atom. The number of hydrogen-bond acceptors (Lipinski definition) is 5. The maximum absolute atomic E-state index is 11.2. The lowest BCUT2D eigenvalue weighted by atomic mass is 9.83. The number of rotatable bonds is 6. The molecule has 1 N–H and O–H groups in total. The van der Waals surface area contributed by atoms with Gasteiger partial charge in [-0.25, -0.2) is 13.1 Å². The number of methoxy groups -OCH3 is 1. The second kappa shape index (κ2) is 7.00. The van der Waals surface area contributed by atoms with E-state index in [1.54, 1.807) is 7.11 Å². The summed E-state index contributed by atoms with van der Waals surface area (Å²) >= 11 is 0. The van der Waals surface area contributed by atoms with Gasteiger partial charge in [-0.15, -0.1) is 0 Å². The van der Waals surface area contributed by atoms with Gasteiger partial charge in [0.1, 0.15) is 5.75 Å². The Morgan fingerprint density at radius 2 is 2.04 bits per heavy atom. The van der Waals surface area contributed by atoms with Gasteiger partial charge in [-0.05, 0) is 36.5 Å². The van der Waals surface area contributed by atoms with E-state index in [-0.39, 0.29) is 11.5 Å². The number of likely N-dealkylation sites (tertiary alicyclic amines) is 1. The molecule has 2 heterocycles. The van der Waals surface area contributed by atoms with Crippen molar-refractivity contribution in [2.45, 2.75) is 25.0 Å². The fraction of sp³-hybridized carbons (Fsp3) is 0.647. The van der Waals surface area contributed by atoms with Crippen LogP contribution < -0.4 is 9.46 Å². The Morgan fingerprint density at radius 3 is 2.58 bits per heavy atom. The first-order valence-corrected chi connectivity index (χ1v) is 10.2. The van der Waals surface area contributed by atoms with Crippen LogP contribution in [0.1, 0.15) is 18.4 Å². The molecule has 2 aliphatic heterocycles. The summed E-state index contributed by atoms with van der Waals surface area (Å²) in [5.41, 5.74) is 1.25. The van der Waals surface area contributed by atoms with Gasteiger partial charge in [0.25, 0.3) is 0 Å². The van der Waals surface area contributed by atoms with Crippen LogP contribution in [0.25, 0.3) is 0 Å². The van der Waals surface area contributed by atoms with Gasteiger partial charge < -0.3 is 9.47 Å². The highest BCUT2D eigenvalue weighted by Crippen LogP contribution is 2.36. The van der Waals surface area contributed by atoms with Crippen LogP contribution in [0, 0.1) is 5.92 Å². The zero-order valence-corrected chi connectivity index (χ0v) is 15.1. The van der Waals surface area contributed by atoms with Crippen molar-refractivity contribution in [3.63, 3.8) is 0 Å². The molecular formula is C17H26N2O4S. The van der Waals surface area contributed by atoms with E-state index in [1.165, 1.54) is 11.8 Å². The third-order valence-electron chi connectivity index (χ3n) is 4.86. The van der Waals surface area contributed by atoms with Gasteiger partial charge in [-0.2, -0.15) is 0 Å². The van der Waals surface area contributed by atoms with Crippen molar-refractivity contribution < 1.29 is 17.9 Å². The lowest BCUT2D eigenvalue weighted by Gasteiger charge is -2.53. The number of benzene rings is 1. The van der Waals surface area contributed by atoms with E-state index in [9.17, 15) is 8.42 Å². The minimum Gasteiger partial charge on any atom is -0.497 e. The quantitative estimate of drug-likeness (QED) is 0.832. The van der Waals surface area contributed by atoms with E-state index in [2.05, 4.69) is 21.8 Å². The third-order valence-corrected chi connectivity index (χ3v) is 5.55. The van der Waals surface area contributed by atoms with Crippen LogP contribution in [0.4, 0.5) is 0 Å². The molecule has 1 aromatic rings. The molecule has 0 aromatic heterocycles. The molecule has 2 aliphatic rings. The van der Waals surface area contributed by atoms with Crippen LogP contribution in [0.3, 0.4) is 0 Å². The van der Waals surface area contributed by atoms with Gasteiger partial charge in [-0.1, -0.05) is 12.1 Å². The molecule has 0 saturated carbocycles. The van der Waals surface area contributed by atoms with Crippen molar-refractivity contribution in [1.29, 1.82) is 0 Å². The lowest BCUT2D eigenvalue weighted by molar-refractivity contribution is -0.181. The van der Waals surface area contributed by atoms with Crippen molar-refractivity contribution >= 4 is 10.0 Å². The van der Waals surface area contributed by atoms with E-state index < -0.39 is 10.0 Å². The Labute approximate surface area is 144 Å². The van der Waals surface area contributed by atoms with Crippen LogP contribution in [0.15, 0.2) is 24.3 Å². The molecule has 1 spiro atoms. The van der Waals surface area contributed by atoms with Gasteiger partial charge in [0, 0.05) is 26.2 Å². The van der Waals surface area contributed by atoms with E-state index >= 15 is 0 Å². The molecular weight excluding hydrogens is 328 g/mol. The number of nitrogens with one attached hydrogen (secondary N) is 1. The van der Waals surface area contributed by atoms with E-state index in [4.69, 9.17) is 9.47 Å². The largest absolute Gasteiger partial charge is 0.497 e. The molecule has 2 saturated heterocycles. The molecule has 6 nitrogen and oxygen atoms in total. The molecule has 7 heteroatoms. The molecule has 2 fully saturated rings. The summed E-state index contributed by atoms with van der Waals surface area (Å²) < 4.78 is 36.2. The fourth-order valence-electron chi connectivity index (χ4n) is 3.47. The van der Waals surface area contributed by atoms with Gasteiger partial charge in [0.2, 0.25) is 10.0 Å². The highest BCUT2D eigenvalue weighted by Gasteiger charge is 2.46. The Kier molecular flexibility index (Phi) is 5.15. The Bertz CT molecular complexity index is 644. The molecule has 0 aliphatic carbocycles. The number of ether oxygens (including phenoxy) is 2. The summed E-state index contributed by atoms with van der Waals surface area (Å²) in [6.07, 6.45) is 3.21. The lowest BCUT2D eigenvalue weighted by Crippen LogP contribution is -2.64. The molecule has 1 atom stereocenters. The van der Waals surface area contributed by atoms with E-state index in [1.807, 2.05) is 12.1 Å². The van der Waals surface area contributed by atoms with E-state index in [0.717, 1.165) is 38.2 Å². The second-order valence-corrected chi connectivity index (χ2v) is 8.85. The Balaban J connectivity index is 1.41. The van der Waals surface area contributed by atoms with Gasteiger partial charge in [0.05, 0.1) is 25.6 Å². The van der Waals surface area contributed by atoms with Crippen LogP contribution >= 0.6 is 0 Å². The van der Waals surface area contributed by atoms with Crippen molar-refractivity contribution in [2.24, 2.45) is 5.92 Å². The Hall–Kier alpha value is -1.15. The second-order valence-electron chi connectivity index (χ2n) is 7.01. The molecule has 3 rings (SSSR count). The molecule has 24 heavy (non-hydrogen) atoms. The summed E-state index contributed by atoms with van der Waals surface area (Å²) in [4.78, 5) is 2.39. The average Bonchev–Trinajstić information content (AvgIpc) is 2.53. The normalized spacial score (nSPS) is 23.8. The fourth-order valence-corrected chi connectivity index (χ4v) is 4.01. The van der Waals surface area contributed by atoms with Gasteiger partial charge in [0.15, 0.2) is 0 Å². The monoisotopic (exact) mass is 354 g/mol. The molecule has 1 aromatic carbocycles. The third kappa shape index (κ3) is 4.47. The standard InChI is InChI=1S/C17H26N2O4S/c1-22-16-5-3-14(4-6-16)10-19-12-17(13-19)8-7-15(11-23-17)9-18-24(2,20)21/h3-6,15,18H,7-13H2,1-2H3/t15-/m0/s1. The maximum Gasteiger partial charge on any atom is 0.208 e. The summed E-state index contributed by atoms with van der Waals surface area (Å²) in [6, 6.07) is 8.17. The maximum atomic E-state index is 11.2. The van der Waals surface area contributed by atoms with Gasteiger partial charge in [-0.3, -0.25) is 4.90 Å². The van der Waals surface area contributed by atoms with Crippen molar-refractivity contribution in [3.8, 4) is 5.75 Å². The topological polar surface area (TPSA) is 67.9 Å². The SMILES string of the molecule is COc1ccc(CN2CC3(CC[C@@H](CNS(C)(=O)=O)CO3)C2)cc1. The summed E-state index contributed by atoms with van der Waals surface area (Å²) in [6.45, 7) is 3.94. The van der Waals surface area contributed by atoms with E-state index in [0.29, 0.717) is 13.2 Å². The summed E-state index contributed by atoms with van der Waals surface area (Å²) in [7, 11) is -1.44. The molecule has 0 radical (unpaired) electrons. The van der Waals surface area contributed by atoms with Crippen LogP contribution in [0.2, 0.25) is 0 Å². The predicted octanol–water partition coefficient (Wildman–Crippen LogP) is 1.23. The smallest absolute Gasteiger partial charge is 0.208 e. The first-order valence-electron chi connectivity index (χ1n) is 8.31. The number of nitrogens with zero attached hydrogens (tertiary/aromatic N) is 1. The molecule has 0 amide bonds. The van der Waals surface area contributed by atoms with Gasteiger partial charge >= 0.3 is 0 Å². The van der Waals surface area contributed by atoms with Crippen molar-refractivity contribution in [1.82, 2.24) is 9.62 Å². The minimum absolute atomic E-state index is 0.0198.